The van der Waals surface area contributed by atoms with Gasteiger partial charge in [0.25, 0.3) is 0 Å². The molecule has 0 bridgehead atoms. The van der Waals surface area contributed by atoms with Crippen molar-refractivity contribution >= 4 is 29.3 Å². The molecule has 0 aromatic heterocycles. The zero-order chi connectivity index (χ0) is 18.5. The number of likely N-dealkylation sites (N-methyl/N-ethyl adjacent to an activating group) is 1. The molecular weight excluding hydrogens is 346 g/mol. The normalized spacial score (nSPS) is 17.3. The fraction of sp³-hybridized carbons (Fsp3) is 0.300. The van der Waals surface area contributed by atoms with E-state index in [1.165, 1.54) is 11.8 Å². The van der Waals surface area contributed by atoms with Crippen LogP contribution in [0.2, 0.25) is 0 Å². The van der Waals surface area contributed by atoms with Crippen LogP contribution < -0.4 is 10.6 Å². The Balaban J connectivity index is 1.66. The number of nitrogens with zero attached hydrogens (tertiary/aromatic N) is 1. The highest BCUT2D eigenvalue weighted by molar-refractivity contribution is 8.01. The minimum absolute atomic E-state index is 0.109. The summed E-state index contributed by atoms with van der Waals surface area (Å²) < 4.78 is 0. The van der Waals surface area contributed by atoms with Gasteiger partial charge in [-0.25, -0.2) is 0 Å². The van der Waals surface area contributed by atoms with Gasteiger partial charge < -0.3 is 15.5 Å². The molecule has 0 saturated heterocycles. The van der Waals surface area contributed by atoms with Crippen LogP contribution in [0.25, 0.3) is 0 Å². The second kappa shape index (κ2) is 8.38. The van der Waals surface area contributed by atoms with Gasteiger partial charge in [0.1, 0.15) is 0 Å². The van der Waals surface area contributed by atoms with Crippen molar-refractivity contribution in [2.75, 3.05) is 26.0 Å². The molecule has 2 atom stereocenters. The number of thioether (sulfide) groups is 1. The average molecular weight is 369 g/mol. The molecule has 1 heterocycles. The Bertz CT molecular complexity index is 780. The summed E-state index contributed by atoms with van der Waals surface area (Å²) in [4.78, 5) is 28.0. The molecule has 0 aliphatic carbocycles. The lowest BCUT2D eigenvalue weighted by Crippen LogP contribution is -2.39. The molecule has 26 heavy (non-hydrogen) atoms. The van der Waals surface area contributed by atoms with E-state index >= 15 is 0 Å². The summed E-state index contributed by atoms with van der Waals surface area (Å²) in [7, 11) is 3.95. The lowest BCUT2D eigenvalue weighted by molar-refractivity contribution is -0.124. The third kappa shape index (κ3) is 4.65. The molecule has 0 saturated carbocycles. The van der Waals surface area contributed by atoms with Gasteiger partial charge in [0.05, 0.1) is 17.0 Å². The number of hydrogen-bond donors (Lipinski definition) is 2. The Morgan fingerprint density at radius 2 is 1.85 bits per heavy atom. The van der Waals surface area contributed by atoms with Crippen LogP contribution in [0.5, 0.6) is 0 Å². The van der Waals surface area contributed by atoms with Crippen LogP contribution >= 0.6 is 11.8 Å². The number of nitrogens with one attached hydrogen (secondary N) is 2. The van der Waals surface area contributed by atoms with Crippen molar-refractivity contribution in [1.29, 1.82) is 0 Å². The first-order chi connectivity index (χ1) is 12.5. The molecule has 1 aliphatic heterocycles. The van der Waals surface area contributed by atoms with E-state index in [9.17, 15) is 9.59 Å². The van der Waals surface area contributed by atoms with Crippen LogP contribution in [0.3, 0.4) is 0 Å². The Morgan fingerprint density at radius 1 is 1.15 bits per heavy atom. The van der Waals surface area contributed by atoms with Crippen LogP contribution in [0.1, 0.15) is 18.0 Å². The SMILES string of the molecule is CN(C)C[C@H](NC(=O)C[C@H]1Sc2ccccc2NC1=O)c1ccccc1. The number of anilines is 1. The average Bonchev–Trinajstić information content (AvgIpc) is 2.62. The molecule has 136 valence electrons. The van der Waals surface area contributed by atoms with Gasteiger partial charge >= 0.3 is 0 Å². The monoisotopic (exact) mass is 369 g/mol. The molecule has 5 nitrogen and oxygen atoms in total. The summed E-state index contributed by atoms with van der Waals surface area (Å²) >= 11 is 1.45. The van der Waals surface area contributed by atoms with E-state index in [0.29, 0.717) is 6.54 Å². The van der Waals surface area contributed by atoms with E-state index in [0.717, 1.165) is 16.1 Å². The van der Waals surface area contributed by atoms with Gasteiger partial charge in [-0.3, -0.25) is 9.59 Å². The predicted octanol–water partition coefficient (Wildman–Crippen LogP) is 2.91. The first kappa shape index (κ1) is 18.5. The Hall–Kier alpha value is -2.31. The number of carbonyl (C=O) groups is 2. The Kier molecular flexibility index (Phi) is 5.96. The lowest BCUT2D eigenvalue weighted by Gasteiger charge is -2.26. The molecular formula is C20H23N3O2S. The van der Waals surface area contributed by atoms with Crippen molar-refractivity contribution in [2.24, 2.45) is 0 Å². The molecule has 0 spiro atoms. The molecule has 1 aliphatic rings. The molecule has 3 rings (SSSR count). The summed E-state index contributed by atoms with van der Waals surface area (Å²) in [5.41, 5.74) is 1.87. The molecule has 0 unspecified atom stereocenters. The maximum absolute atomic E-state index is 12.6. The summed E-state index contributed by atoms with van der Waals surface area (Å²) in [6.45, 7) is 0.697. The zero-order valence-electron chi connectivity index (χ0n) is 14.9. The molecule has 0 fully saturated rings. The van der Waals surface area contributed by atoms with Gasteiger partial charge in [-0.1, -0.05) is 42.5 Å². The molecule has 2 aromatic carbocycles. The van der Waals surface area contributed by atoms with Crippen molar-refractivity contribution in [3.63, 3.8) is 0 Å². The second-order valence-corrected chi connectivity index (χ2v) is 7.83. The molecule has 0 radical (unpaired) electrons. The molecule has 2 aromatic rings. The highest BCUT2D eigenvalue weighted by Crippen LogP contribution is 2.36. The highest BCUT2D eigenvalue weighted by atomic mass is 32.2. The van der Waals surface area contributed by atoms with Crippen molar-refractivity contribution in [2.45, 2.75) is 22.6 Å². The number of para-hydroxylation sites is 1. The van der Waals surface area contributed by atoms with Crippen molar-refractivity contribution in [3.05, 3.63) is 60.2 Å². The van der Waals surface area contributed by atoms with Crippen LogP contribution in [0.4, 0.5) is 5.69 Å². The number of rotatable bonds is 6. The van der Waals surface area contributed by atoms with E-state index in [2.05, 4.69) is 10.6 Å². The molecule has 2 amide bonds. The third-order valence-electron chi connectivity index (χ3n) is 4.16. The predicted molar refractivity (Wildman–Crippen MR) is 105 cm³/mol. The van der Waals surface area contributed by atoms with E-state index in [1.54, 1.807) is 0 Å². The maximum Gasteiger partial charge on any atom is 0.238 e. The van der Waals surface area contributed by atoms with E-state index in [-0.39, 0.29) is 24.3 Å². The smallest absolute Gasteiger partial charge is 0.238 e. The fourth-order valence-corrected chi connectivity index (χ4v) is 4.04. The van der Waals surface area contributed by atoms with Gasteiger partial charge in [-0.2, -0.15) is 0 Å². The minimum atomic E-state index is -0.416. The van der Waals surface area contributed by atoms with Crippen molar-refractivity contribution in [1.82, 2.24) is 10.2 Å². The number of fused-ring (bicyclic) bond motifs is 1. The van der Waals surface area contributed by atoms with Gasteiger partial charge in [0.2, 0.25) is 11.8 Å². The first-order valence-electron chi connectivity index (χ1n) is 8.58. The number of amides is 2. The topological polar surface area (TPSA) is 61.4 Å². The number of benzene rings is 2. The number of hydrogen-bond acceptors (Lipinski definition) is 4. The van der Waals surface area contributed by atoms with E-state index in [1.807, 2.05) is 73.6 Å². The number of carbonyl (C=O) groups excluding carboxylic acids is 2. The summed E-state index contributed by atoms with van der Waals surface area (Å²) in [6.07, 6.45) is 0.154. The Labute approximate surface area is 158 Å². The van der Waals surface area contributed by atoms with Gasteiger partial charge in [-0.05, 0) is 31.8 Å². The van der Waals surface area contributed by atoms with Gasteiger partial charge in [0.15, 0.2) is 0 Å². The van der Waals surface area contributed by atoms with Gasteiger partial charge in [0, 0.05) is 17.9 Å². The summed E-state index contributed by atoms with van der Waals surface area (Å²) in [6, 6.07) is 17.4. The minimum Gasteiger partial charge on any atom is -0.348 e. The third-order valence-corrected chi connectivity index (χ3v) is 5.44. The molecule has 2 N–H and O–H groups in total. The zero-order valence-corrected chi connectivity index (χ0v) is 15.8. The fourth-order valence-electron chi connectivity index (χ4n) is 2.93. The second-order valence-electron chi connectivity index (χ2n) is 6.59. The molecule has 6 heteroatoms. The van der Waals surface area contributed by atoms with Crippen LogP contribution in [0, 0.1) is 0 Å². The summed E-state index contributed by atoms with van der Waals surface area (Å²) in [5, 5.41) is 5.55. The maximum atomic E-state index is 12.6. The van der Waals surface area contributed by atoms with Crippen molar-refractivity contribution < 1.29 is 9.59 Å². The van der Waals surface area contributed by atoms with Gasteiger partial charge in [-0.15, -0.1) is 11.8 Å². The largest absolute Gasteiger partial charge is 0.348 e. The van der Waals surface area contributed by atoms with E-state index < -0.39 is 5.25 Å². The van der Waals surface area contributed by atoms with Crippen molar-refractivity contribution in [3.8, 4) is 0 Å². The lowest BCUT2D eigenvalue weighted by atomic mass is 10.1. The highest BCUT2D eigenvalue weighted by Gasteiger charge is 2.29. The van der Waals surface area contributed by atoms with Crippen LogP contribution in [-0.2, 0) is 9.59 Å². The quantitative estimate of drug-likeness (QED) is 0.822. The van der Waals surface area contributed by atoms with Crippen LogP contribution in [0.15, 0.2) is 59.5 Å². The Morgan fingerprint density at radius 3 is 2.58 bits per heavy atom. The summed E-state index contributed by atoms with van der Waals surface area (Å²) in [5.74, 6) is -0.236. The van der Waals surface area contributed by atoms with Crippen LogP contribution in [-0.4, -0.2) is 42.6 Å². The first-order valence-corrected chi connectivity index (χ1v) is 9.46. The standard InChI is InChI=1S/C20H23N3O2S/c1-23(2)13-16(14-8-4-3-5-9-14)21-19(24)12-18-20(25)22-15-10-6-7-11-17(15)26-18/h3-11,16,18H,12-13H2,1-2H3,(H,21,24)(H,22,25)/t16-,18+/m0/s1. The van der Waals surface area contributed by atoms with E-state index in [4.69, 9.17) is 0 Å².